The third kappa shape index (κ3) is 8.13. The maximum atomic E-state index is 12.2. The lowest BCUT2D eigenvalue weighted by atomic mass is 10.0. The topological polar surface area (TPSA) is 79.7 Å². The molecule has 0 unspecified atom stereocenters. The van der Waals surface area contributed by atoms with Gasteiger partial charge in [0.15, 0.2) is 6.10 Å². The molecule has 6 heteroatoms. The van der Waals surface area contributed by atoms with Crippen molar-refractivity contribution in [3.8, 4) is 11.3 Å². The van der Waals surface area contributed by atoms with Gasteiger partial charge in [-0.05, 0) is 43.0 Å². The van der Waals surface area contributed by atoms with Crippen molar-refractivity contribution in [3.63, 3.8) is 0 Å². The number of ether oxygens (including phenoxy) is 1. The maximum Gasteiger partial charge on any atom is 0.333 e. The number of pyridine rings is 1. The Bertz CT molecular complexity index is 836. The molecule has 0 saturated carbocycles. The van der Waals surface area contributed by atoms with Crippen LogP contribution in [0.15, 0.2) is 42.6 Å². The average Bonchev–Trinajstić information content (AvgIpc) is 2.78. The van der Waals surface area contributed by atoms with Gasteiger partial charge in [-0.3, -0.25) is 9.78 Å². The van der Waals surface area contributed by atoms with E-state index in [0.717, 1.165) is 48.1 Å². The Labute approximate surface area is 185 Å². The number of hydrogen-bond donors (Lipinski definition) is 1. The van der Waals surface area contributed by atoms with Gasteiger partial charge in [0.05, 0.1) is 5.69 Å². The van der Waals surface area contributed by atoms with Gasteiger partial charge in [-0.25, -0.2) is 4.79 Å². The van der Waals surface area contributed by atoms with Crippen molar-refractivity contribution in [1.29, 1.82) is 0 Å². The molecular formula is C25H34N2O4. The van der Waals surface area contributed by atoms with E-state index in [1.807, 2.05) is 36.2 Å². The molecule has 6 nitrogen and oxygen atoms in total. The molecule has 1 aromatic heterocycles. The smallest absolute Gasteiger partial charge is 0.333 e. The molecule has 2 aromatic rings. The fourth-order valence-electron chi connectivity index (χ4n) is 3.37. The number of aromatic nitrogens is 1. The third-order valence-corrected chi connectivity index (χ3v) is 5.27. The number of carboxylic acid groups (broad SMARTS) is 1. The fourth-order valence-corrected chi connectivity index (χ4v) is 3.37. The zero-order valence-corrected chi connectivity index (χ0v) is 18.8. The molecule has 0 radical (unpaired) electrons. The first kappa shape index (κ1) is 24.5. The van der Waals surface area contributed by atoms with Gasteiger partial charge < -0.3 is 14.7 Å². The summed E-state index contributed by atoms with van der Waals surface area (Å²) in [5, 5.41) is 9.24. The summed E-state index contributed by atoms with van der Waals surface area (Å²) in [6.07, 6.45) is 5.70. The molecule has 31 heavy (non-hydrogen) atoms. The van der Waals surface area contributed by atoms with Gasteiger partial charge >= 0.3 is 5.97 Å². The van der Waals surface area contributed by atoms with Crippen molar-refractivity contribution in [3.05, 3.63) is 53.7 Å². The van der Waals surface area contributed by atoms with E-state index in [1.54, 1.807) is 13.1 Å². The second kappa shape index (κ2) is 12.8. The highest BCUT2D eigenvalue weighted by Gasteiger charge is 2.18. The first-order chi connectivity index (χ1) is 14.9. The largest absolute Gasteiger partial charge is 0.479 e. The summed E-state index contributed by atoms with van der Waals surface area (Å²) in [7, 11) is 1.87. The van der Waals surface area contributed by atoms with Crippen LogP contribution >= 0.6 is 0 Å². The van der Waals surface area contributed by atoms with E-state index in [4.69, 9.17) is 4.74 Å². The summed E-state index contributed by atoms with van der Waals surface area (Å²) in [6, 6.07) is 12.0. The Balaban J connectivity index is 1.96. The predicted molar refractivity (Wildman–Crippen MR) is 122 cm³/mol. The number of amides is 1. The molecule has 0 spiro atoms. The van der Waals surface area contributed by atoms with Crippen LogP contribution in [0.4, 0.5) is 0 Å². The van der Waals surface area contributed by atoms with Crippen LogP contribution in [0.1, 0.15) is 50.7 Å². The third-order valence-electron chi connectivity index (χ3n) is 5.27. The molecule has 1 amide bonds. The van der Waals surface area contributed by atoms with E-state index in [9.17, 15) is 14.7 Å². The molecule has 168 valence electrons. The molecule has 0 saturated heterocycles. The number of carboxylic acids is 1. The number of benzene rings is 1. The van der Waals surface area contributed by atoms with E-state index in [-0.39, 0.29) is 12.3 Å². The summed E-state index contributed by atoms with van der Waals surface area (Å²) in [5.74, 6) is -0.763. The van der Waals surface area contributed by atoms with Crippen molar-refractivity contribution in [2.75, 3.05) is 20.2 Å². The van der Waals surface area contributed by atoms with Crippen LogP contribution < -0.4 is 0 Å². The number of unbranched alkanes of at least 4 members (excludes halogenated alkanes) is 2. The Morgan fingerprint density at radius 1 is 1.13 bits per heavy atom. The number of nitrogens with zero attached hydrogens (tertiary/aromatic N) is 2. The Hall–Kier alpha value is -2.73. The molecule has 0 aliphatic rings. The molecule has 0 fully saturated rings. The highest BCUT2D eigenvalue weighted by molar-refractivity contribution is 5.75. The molecular weight excluding hydrogens is 392 g/mol. The van der Waals surface area contributed by atoms with Gasteiger partial charge in [0, 0.05) is 44.8 Å². The Morgan fingerprint density at radius 3 is 2.58 bits per heavy atom. The molecule has 1 atom stereocenters. The van der Waals surface area contributed by atoms with Crippen molar-refractivity contribution in [1.82, 2.24) is 9.88 Å². The van der Waals surface area contributed by atoms with E-state index < -0.39 is 12.1 Å². The molecule has 1 N–H and O–H groups in total. The quantitative estimate of drug-likeness (QED) is 0.481. The molecule has 2 rings (SSSR count). The minimum atomic E-state index is -0.965. The monoisotopic (exact) mass is 426 g/mol. The molecule has 0 aliphatic heterocycles. The van der Waals surface area contributed by atoms with E-state index >= 15 is 0 Å². The number of rotatable bonds is 13. The molecule has 1 aromatic carbocycles. The van der Waals surface area contributed by atoms with Crippen molar-refractivity contribution >= 4 is 11.9 Å². The standard InChI is InChI=1S/C25H34N2O4/c1-4-6-7-11-24(28)27(3)15-14-19-9-8-10-21(16-19)22-13-12-20(18-26-22)17-23(25(29)30)31-5-2/h8-10,12-13,16,18,23H,4-7,11,14-15,17H2,1-3H3,(H,29,30)/t23-/m0/s1. The minimum absolute atomic E-state index is 0.202. The van der Waals surface area contributed by atoms with Gasteiger partial charge in [0.2, 0.25) is 5.91 Å². The van der Waals surface area contributed by atoms with Crippen molar-refractivity contribution in [2.45, 2.75) is 58.5 Å². The zero-order valence-electron chi connectivity index (χ0n) is 18.8. The number of carbonyl (C=O) groups excluding carboxylic acids is 1. The predicted octanol–water partition coefficient (Wildman–Crippen LogP) is 4.36. The summed E-state index contributed by atoms with van der Waals surface area (Å²) in [6.45, 7) is 4.96. The Morgan fingerprint density at radius 2 is 1.94 bits per heavy atom. The zero-order chi connectivity index (χ0) is 22.6. The maximum absolute atomic E-state index is 12.2. The van der Waals surface area contributed by atoms with Crippen LogP contribution in [-0.4, -0.2) is 53.2 Å². The van der Waals surface area contributed by atoms with Crippen molar-refractivity contribution in [2.24, 2.45) is 0 Å². The highest BCUT2D eigenvalue weighted by Crippen LogP contribution is 2.20. The van der Waals surface area contributed by atoms with Crippen LogP contribution in [0.5, 0.6) is 0 Å². The molecule has 1 heterocycles. The summed E-state index contributed by atoms with van der Waals surface area (Å²) in [5.41, 5.74) is 3.81. The van der Waals surface area contributed by atoms with Crippen LogP contribution in [-0.2, 0) is 27.2 Å². The van der Waals surface area contributed by atoms with Crippen LogP contribution in [0.25, 0.3) is 11.3 Å². The van der Waals surface area contributed by atoms with E-state index in [1.165, 1.54) is 0 Å². The average molecular weight is 427 g/mol. The number of hydrogen-bond acceptors (Lipinski definition) is 4. The lowest BCUT2D eigenvalue weighted by molar-refractivity contribution is -0.150. The van der Waals surface area contributed by atoms with Gasteiger partial charge in [-0.1, -0.05) is 44.0 Å². The summed E-state index contributed by atoms with van der Waals surface area (Å²) in [4.78, 5) is 29.8. The Kier molecular flexibility index (Phi) is 10.2. The van der Waals surface area contributed by atoms with Gasteiger partial charge in [-0.15, -0.1) is 0 Å². The highest BCUT2D eigenvalue weighted by atomic mass is 16.5. The SMILES string of the molecule is CCCCCC(=O)N(C)CCc1cccc(-c2ccc(C[C@H](OCC)C(=O)O)cn2)c1. The van der Waals surface area contributed by atoms with Crippen LogP contribution in [0.3, 0.4) is 0 Å². The van der Waals surface area contributed by atoms with E-state index in [0.29, 0.717) is 19.6 Å². The summed E-state index contributed by atoms with van der Waals surface area (Å²) >= 11 is 0. The van der Waals surface area contributed by atoms with Gasteiger partial charge in [0.1, 0.15) is 0 Å². The first-order valence-corrected chi connectivity index (χ1v) is 11.1. The second-order valence-corrected chi connectivity index (χ2v) is 7.76. The number of likely N-dealkylation sites (N-methyl/N-ethyl adjacent to an activating group) is 1. The van der Waals surface area contributed by atoms with Crippen LogP contribution in [0.2, 0.25) is 0 Å². The van der Waals surface area contributed by atoms with E-state index in [2.05, 4.69) is 24.0 Å². The summed E-state index contributed by atoms with van der Waals surface area (Å²) < 4.78 is 5.27. The minimum Gasteiger partial charge on any atom is -0.479 e. The van der Waals surface area contributed by atoms with Crippen LogP contribution in [0, 0.1) is 0 Å². The number of carbonyl (C=O) groups is 2. The second-order valence-electron chi connectivity index (χ2n) is 7.76. The van der Waals surface area contributed by atoms with Gasteiger partial charge in [-0.2, -0.15) is 0 Å². The van der Waals surface area contributed by atoms with Gasteiger partial charge in [0.25, 0.3) is 0 Å². The first-order valence-electron chi connectivity index (χ1n) is 11.1. The number of aliphatic carboxylic acids is 1. The molecule has 0 bridgehead atoms. The lowest BCUT2D eigenvalue weighted by Crippen LogP contribution is -2.28. The normalized spacial score (nSPS) is 11.8. The fraction of sp³-hybridized carbons (Fsp3) is 0.480. The molecule has 0 aliphatic carbocycles. The lowest BCUT2D eigenvalue weighted by Gasteiger charge is -2.17. The van der Waals surface area contributed by atoms with Crippen molar-refractivity contribution < 1.29 is 19.4 Å².